The zero-order valence-electron chi connectivity index (χ0n) is 12.0. The van der Waals surface area contributed by atoms with Gasteiger partial charge in [0.05, 0.1) is 5.92 Å². The molecule has 0 aromatic heterocycles. The maximum Gasteiger partial charge on any atom is 0.306 e. The van der Waals surface area contributed by atoms with Crippen molar-refractivity contribution in [2.24, 2.45) is 5.92 Å². The van der Waals surface area contributed by atoms with Crippen molar-refractivity contribution in [1.82, 2.24) is 4.90 Å². The average molecular weight is 327 g/mol. The van der Waals surface area contributed by atoms with E-state index in [1.54, 1.807) is 0 Å². The summed E-state index contributed by atoms with van der Waals surface area (Å²) in [5.74, 6) is -0.760. The largest absolute Gasteiger partial charge is 0.748 e. The fourth-order valence-corrected chi connectivity index (χ4v) is 2.44. The molecule has 2 aromatic carbocycles. The molecular weight excluding hydrogens is 306 g/mol. The Hall–Kier alpha value is -1.35. The molecule has 4 heteroatoms. The molecule has 21 heavy (non-hydrogen) atoms. The second-order valence-electron chi connectivity index (χ2n) is 5.14. The van der Waals surface area contributed by atoms with Gasteiger partial charge in [-0.05, 0) is 25.9 Å². The van der Waals surface area contributed by atoms with E-state index in [1.807, 2.05) is 42.5 Å². The van der Waals surface area contributed by atoms with Gasteiger partial charge in [-0.25, -0.2) is 12.1 Å². The summed E-state index contributed by atoms with van der Waals surface area (Å²) in [6, 6.07) is 18.3. The Morgan fingerprint density at radius 3 is 2.19 bits per heavy atom. The number of carboxylic acid groups (broad SMARTS) is 1. The second kappa shape index (κ2) is 9.56. The standard InChI is InChI=1S/C12H16NO2.C5H5.Fe/c14-12(15)11-5-7-13(8-6-11)9-10-3-1-2-4-10;1-2-4-5-3-1;/h1-4,11H,5-9H2,(H,14,15);1-5H;/q-5;-1;. The van der Waals surface area contributed by atoms with Gasteiger partial charge >= 0.3 is 5.97 Å². The molecule has 120 valence electrons. The van der Waals surface area contributed by atoms with Gasteiger partial charge in [0.15, 0.2) is 0 Å². The number of aliphatic carboxylic acids is 1. The summed E-state index contributed by atoms with van der Waals surface area (Å²) in [4.78, 5) is 13.1. The van der Waals surface area contributed by atoms with E-state index >= 15 is 0 Å². The molecule has 0 saturated carbocycles. The van der Waals surface area contributed by atoms with E-state index in [9.17, 15) is 4.79 Å². The van der Waals surface area contributed by atoms with E-state index < -0.39 is 5.97 Å². The number of likely N-dealkylation sites (tertiary alicyclic amines) is 1. The quantitative estimate of drug-likeness (QED) is 0.696. The molecule has 0 bridgehead atoms. The van der Waals surface area contributed by atoms with Crippen LogP contribution in [0.1, 0.15) is 18.4 Å². The van der Waals surface area contributed by atoms with E-state index in [0.717, 1.165) is 32.5 Å². The Balaban J connectivity index is 0.000000313. The number of carboxylic acids is 1. The van der Waals surface area contributed by atoms with E-state index in [0.29, 0.717) is 0 Å². The molecule has 0 radical (unpaired) electrons. The molecule has 0 spiro atoms. The number of piperidine rings is 1. The molecule has 0 amide bonds. The van der Waals surface area contributed by atoms with Crippen LogP contribution in [0.3, 0.4) is 0 Å². The minimum absolute atomic E-state index is 0. The van der Waals surface area contributed by atoms with Crippen molar-refractivity contribution in [2.75, 3.05) is 13.1 Å². The normalized spacial score (nSPS) is 15.6. The van der Waals surface area contributed by atoms with E-state index in [1.165, 1.54) is 5.56 Å². The smallest absolute Gasteiger partial charge is 0.306 e. The minimum Gasteiger partial charge on any atom is -0.748 e. The van der Waals surface area contributed by atoms with Gasteiger partial charge in [-0.15, -0.1) is 0 Å². The topological polar surface area (TPSA) is 40.5 Å². The van der Waals surface area contributed by atoms with Gasteiger partial charge in [-0.3, -0.25) is 4.79 Å². The van der Waals surface area contributed by atoms with Crippen LogP contribution in [0.4, 0.5) is 0 Å². The van der Waals surface area contributed by atoms with Crippen LogP contribution in [0.15, 0.2) is 54.6 Å². The van der Waals surface area contributed by atoms with Gasteiger partial charge < -0.3 is 39.8 Å². The first-order valence-electron chi connectivity index (χ1n) is 7.08. The van der Waals surface area contributed by atoms with Crippen LogP contribution in [0.25, 0.3) is 0 Å². The van der Waals surface area contributed by atoms with E-state index in [4.69, 9.17) is 5.11 Å². The van der Waals surface area contributed by atoms with E-state index in [-0.39, 0.29) is 23.0 Å². The number of carbonyl (C=O) groups is 1. The van der Waals surface area contributed by atoms with Crippen LogP contribution in [0, 0.1) is 5.92 Å². The Morgan fingerprint density at radius 2 is 1.76 bits per heavy atom. The third-order valence-electron chi connectivity index (χ3n) is 3.63. The Morgan fingerprint density at radius 1 is 1.19 bits per heavy atom. The molecule has 0 unspecified atom stereocenters. The second-order valence-corrected chi connectivity index (χ2v) is 5.14. The molecule has 2 aromatic rings. The third kappa shape index (κ3) is 6.30. The molecule has 1 fully saturated rings. The molecule has 1 aliphatic heterocycles. The van der Waals surface area contributed by atoms with Crippen molar-refractivity contribution in [2.45, 2.75) is 19.4 Å². The number of hydrogen-bond acceptors (Lipinski definition) is 2. The summed E-state index contributed by atoms with van der Waals surface area (Å²) in [5, 5.41) is 8.86. The minimum atomic E-state index is -0.636. The number of nitrogens with zero attached hydrogens (tertiary/aromatic N) is 1. The van der Waals surface area contributed by atoms with Crippen LogP contribution in [-0.4, -0.2) is 29.1 Å². The molecule has 1 heterocycles. The molecule has 0 aliphatic carbocycles. The summed E-state index contributed by atoms with van der Waals surface area (Å²) in [6.45, 7) is 2.77. The zero-order chi connectivity index (χ0) is 14.2. The van der Waals surface area contributed by atoms with Crippen molar-refractivity contribution in [1.29, 1.82) is 0 Å². The summed E-state index contributed by atoms with van der Waals surface area (Å²) in [6.07, 6.45) is 1.58. The summed E-state index contributed by atoms with van der Waals surface area (Å²) in [5.41, 5.74) is 1.32. The van der Waals surface area contributed by atoms with Gasteiger partial charge in [-0.2, -0.15) is 24.7 Å². The molecule has 1 saturated heterocycles. The van der Waals surface area contributed by atoms with Crippen molar-refractivity contribution in [3.63, 3.8) is 0 Å². The van der Waals surface area contributed by atoms with Crippen LogP contribution < -0.4 is 0 Å². The van der Waals surface area contributed by atoms with Crippen molar-refractivity contribution >= 4 is 5.97 Å². The fraction of sp³-hybridized carbons (Fsp3) is 0.353. The fourth-order valence-electron chi connectivity index (χ4n) is 2.44. The van der Waals surface area contributed by atoms with Crippen LogP contribution in [-0.2, 0) is 28.4 Å². The van der Waals surface area contributed by atoms with Gasteiger partial charge in [0.25, 0.3) is 0 Å². The third-order valence-corrected chi connectivity index (χ3v) is 3.63. The predicted octanol–water partition coefficient (Wildman–Crippen LogP) is 3.11. The average Bonchev–Trinajstić information content (AvgIpc) is 3.15. The molecule has 3 nitrogen and oxygen atoms in total. The maximum absolute atomic E-state index is 10.8. The van der Waals surface area contributed by atoms with Gasteiger partial charge in [0.1, 0.15) is 0 Å². The van der Waals surface area contributed by atoms with Gasteiger partial charge in [0, 0.05) is 17.1 Å². The number of rotatable bonds is 3. The summed E-state index contributed by atoms with van der Waals surface area (Å²) in [7, 11) is 0. The predicted molar refractivity (Wildman–Crippen MR) is 79.7 cm³/mol. The maximum atomic E-state index is 10.8. The van der Waals surface area contributed by atoms with Crippen molar-refractivity contribution in [3.05, 3.63) is 60.2 Å². The molecule has 1 aliphatic rings. The SMILES string of the molecule is O=C(O)C1CCN(C[c-]2[cH-][cH-][cH-][cH-]2)CC1.[Fe].c1cc[cH-]c1. The zero-order valence-corrected chi connectivity index (χ0v) is 13.1. The summed E-state index contributed by atoms with van der Waals surface area (Å²) >= 11 is 0. The monoisotopic (exact) mass is 327 g/mol. The first kappa shape index (κ1) is 17.7. The number of hydrogen-bond donors (Lipinski definition) is 1. The van der Waals surface area contributed by atoms with Crippen molar-refractivity contribution in [3.8, 4) is 0 Å². The first-order chi connectivity index (χ1) is 9.75. The molecule has 1 N–H and O–H groups in total. The molecular formula is C17H21FeNO2-6. The molecule has 0 atom stereocenters. The Bertz CT molecular complexity index is 454. The summed E-state index contributed by atoms with van der Waals surface area (Å²) < 4.78 is 0. The van der Waals surface area contributed by atoms with Gasteiger partial charge in [-0.1, -0.05) is 0 Å². The van der Waals surface area contributed by atoms with Crippen LogP contribution >= 0.6 is 0 Å². The van der Waals surface area contributed by atoms with Crippen LogP contribution in [0.2, 0.25) is 0 Å². The molecule has 3 rings (SSSR count). The Kier molecular flexibility index (Phi) is 8.06. The van der Waals surface area contributed by atoms with Crippen LogP contribution in [0.5, 0.6) is 0 Å². The van der Waals surface area contributed by atoms with E-state index in [2.05, 4.69) is 17.0 Å². The Labute approximate surface area is 136 Å². The van der Waals surface area contributed by atoms with Gasteiger partial charge in [0.2, 0.25) is 0 Å². The van der Waals surface area contributed by atoms with Crippen molar-refractivity contribution < 1.29 is 27.0 Å². The first-order valence-corrected chi connectivity index (χ1v) is 7.08.